The molecule has 0 saturated carbocycles. The number of phenols is 1. The average Bonchev–Trinajstić information content (AvgIpc) is 2.47. The SMILES string of the molecule is CCc1c(O)c(C)cc2cn(C)nc12. The van der Waals surface area contributed by atoms with E-state index in [0.717, 1.165) is 28.5 Å². The van der Waals surface area contributed by atoms with Crippen molar-refractivity contribution in [2.45, 2.75) is 20.3 Å². The third-order valence-corrected chi connectivity index (χ3v) is 2.53. The fourth-order valence-electron chi connectivity index (χ4n) is 1.83. The number of aryl methyl sites for hydroxylation is 3. The quantitative estimate of drug-likeness (QED) is 0.748. The zero-order valence-electron chi connectivity index (χ0n) is 8.70. The van der Waals surface area contributed by atoms with Crippen molar-refractivity contribution in [3.8, 4) is 5.75 Å². The first-order chi connectivity index (χ1) is 6.63. The van der Waals surface area contributed by atoms with Crippen LogP contribution >= 0.6 is 0 Å². The Balaban J connectivity index is 2.87. The highest BCUT2D eigenvalue weighted by atomic mass is 16.3. The Morgan fingerprint density at radius 1 is 1.50 bits per heavy atom. The van der Waals surface area contributed by atoms with Gasteiger partial charge >= 0.3 is 0 Å². The lowest BCUT2D eigenvalue weighted by atomic mass is 10.0. The zero-order chi connectivity index (χ0) is 10.3. The Bertz CT molecular complexity index is 485. The molecule has 0 bridgehead atoms. The number of rotatable bonds is 1. The van der Waals surface area contributed by atoms with Crippen molar-refractivity contribution in [2.75, 3.05) is 0 Å². The molecular weight excluding hydrogens is 176 g/mol. The van der Waals surface area contributed by atoms with Crippen molar-refractivity contribution in [1.29, 1.82) is 0 Å². The Labute approximate surface area is 83.0 Å². The van der Waals surface area contributed by atoms with Crippen LogP contribution in [0.4, 0.5) is 0 Å². The second-order valence-electron chi connectivity index (χ2n) is 3.61. The molecule has 0 spiro atoms. The molecule has 0 fully saturated rings. The highest BCUT2D eigenvalue weighted by molar-refractivity contribution is 5.85. The van der Waals surface area contributed by atoms with E-state index in [1.54, 1.807) is 4.68 Å². The summed E-state index contributed by atoms with van der Waals surface area (Å²) in [5, 5.41) is 15.3. The lowest BCUT2D eigenvalue weighted by molar-refractivity contribution is 0.465. The molecule has 3 nitrogen and oxygen atoms in total. The van der Waals surface area contributed by atoms with Crippen LogP contribution in [0.25, 0.3) is 10.9 Å². The third kappa shape index (κ3) is 1.16. The van der Waals surface area contributed by atoms with Gasteiger partial charge in [0.15, 0.2) is 0 Å². The Morgan fingerprint density at radius 2 is 2.21 bits per heavy atom. The first kappa shape index (κ1) is 9.06. The highest BCUT2D eigenvalue weighted by Crippen LogP contribution is 2.29. The summed E-state index contributed by atoms with van der Waals surface area (Å²) in [5.41, 5.74) is 2.78. The van der Waals surface area contributed by atoms with Crippen LogP contribution in [0.15, 0.2) is 12.3 Å². The molecule has 14 heavy (non-hydrogen) atoms. The van der Waals surface area contributed by atoms with Crippen molar-refractivity contribution in [2.24, 2.45) is 7.05 Å². The van der Waals surface area contributed by atoms with Gasteiger partial charge in [0.2, 0.25) is 0 Å². The molecule has 0 unspecified atom stereocenters. The summed E-state index contributed by atoms with van der Waals surface area (Å²) >= 11 is 0. The number of phenolic OH excluding ortho intramolecular Hbond substituents is 1. The molecule has 0 aliphatic heterocycles. The molecule has 1 aromatic carbocycles. The van der Waals surface area contributed by atoms with Crippen molar-refractivity contribution in [3.63, 3.8) is 0 Å². The van der Waals surface area contributed by atoms with E-state index in [1.807, 2.05) is 33.2 Å². The number of aromatic nitrogens is 2. The van der Waals surface area contributed by atoms with Crippen LogP contribution in [-0.4, -0.2) is 14.9 Å². The maximum Gasteiger partial charge on any atom is 0.123 e. The first-order valence-electron chi connectivity index (χ1n) is 4.78. The Kier molecular flexibility index (Phi) is 1.95. The van der Waals surface area contributed by atoms with Crippen LogP contribution in [0.5, 0.6) is 5.75 Å². The minimum Gasteiger partial charge on any atom is -0.507 e. The molecule has 0 radical (unpaired) electrons. The lowest BCUT2D eigenvalue weighted by Gasteiger charge is -2.05. The van der Waals surface area contributed by atoms with Crippen LogP contribution in [0.3, 0.4) is 0 Å². The van der Waals surface area contributed by atoms with Gasteiger partial charge in [-0.3, -0.25) is 4.68 Å². The molecule has 1 heterocycles. The number of fused-ring (bicyclic) bond motifs is 1. The smallest absolute Gasteiger partial charge is 0.123 e. The normalized spacial score (nSPS) is 11.1. The van der Waals surface area contributed by atoms with E-state index >= 15 is 0 Å². The summed E-state index contributed by atoms with van der Waals surface area (Å²) in [6.07, 6.45) is 2.78. The van der Waals surface area contributed by atoms with Gasteiger partial charge in [0.05, 0.1) is 5.52 Å². The number of nitrogens with zero attached hydrogens (tertiary/aromatic N) is 2. The standard InChI is InChI=1S/C11H14N2O/c1-4-9-10-8(6-13(3)12-10)5-7(2)11(9)14/h5-6,14H,4H2,1-3H3. The van der Waals surface area contributed by atoms with Gasteiger partial charge in [-0.05, 0) is 25.0 Å². The molecule has 1 aromatic heterocycles. The topological polar surface area (TPSA) is 38.0 Å². The van der Waals surface area contributed by atoms with Crippen molar-refractivity contribution in [3.05, 3.63) is 23.4 Å². The fourth-order valence-corrected chi connectivity index (χ4v) is 1.83. The van der Waals surface area contributed by atoms with Crippen LogP contribution < -0.4 is 0 Å². The summed E-state index contributed by atoms with van der Waals surface area (Å²) in [6.45, 7) is 3.95. The van der Waals surface area contributed by atoms with E-state index in [4.69, 9.17) is 0 Å². The van der Waals surface area contributed by atoms with Crippen LogP contribution in [0.1, 0.15) is 18.1 Å². The van der Waals surface area contributed by atoms with Crippen molar-refractivity contribution < 1.29 is 5.11 Å². The van der Waals surface area contributed by atoms with Gasteiger partial charge in [-0.1, -0.05) is 6.92 Å². The molecule has 74 valence electrons. The van der Waals surface area contributed by atoms with Crippen LogP contribution in [0, 0.1) is 6.92 Å². The van der Waals surface area contributed by atoms with Gasteiger partial charge in [0, 0.05) is 24.2 Å². The molecule has 0 aliphatic rings. The van der Waals surface area contributed by atoms with Crippen LogP contribution in [-0.2, 0) is 13.5 Å². The van der Waals surface area contributed by atoms with E-state index in [9.17, 15) is 5.11 Å². The van der Waals surface area contributed by atoms with E-state index in [2.05, 4.69) is 5.10 Å². The second-order valence-corrected chi connectivity index (χ2v) is 3.61. The van der Waals surface area contributed by atoms with Gasteiger partial charge in [-0.15, -0.1) is 0 Å². The van der Waals surface area contributed by atoms with Gasteiger partial charge in [-0.25, -0.2) is 0 Å². The predicted octanol–water partition coefficient (Wildman–Crippen LogP) is 2.15. The molecule has 0 saturated heterocycles. The fraction of sp³-hybridized carbons (Fsp3) is 0.364. The van der Waals surface area contributed by atoms with Gasteiger partial charge in [0.1, 0.15) is 5.75 Å². The molecule has 0 amide bonds. The Hall–Kier alpha value is -1.51. The number of aromatic hydroxyl groups is 1. The summed E-state index contributed by atoms with van der Waals surface area (Å²) in [4.78, 5) is 0. The summed E-state index contributed by atoms with van der Waals surface area (Å²) in [6, 6.07) is 1.97. The maximum atomic E-state index is 9.86. The molecule has 0 aliphatic carbocycles. The molecule has 0 atom stereocenters. The monoisotopic (exact) mass is 190 g/mol. The minimum absolute atomic E-state index is 0.388. The van der Waals surface area contributed by atoms with E-state index in [-0.39, 0.29) is 0 Å². The van der Waals surface area contributed by atoms with E-state index in [1.165, 1.54) is 0 Å². The molecule has 2 aromatic rings. The molecule has 3 heteroatoms. The minimum atomic E-state index is 0.388. The van der Waals surface area contributed by atoms with E-state index in [0.29, 0.717) is 5.75 Å². The second kappa shape index (κ2) is 3.01. The number of benzene rings is 1. The third-order valence-electron chi connectivity index (χ3n) is 2.53. The first-order valence-corrected chi connectivity index (χ1v) is 4.78. The van der Waals surface area contributed by atoms with Crippen LogP contribution in [0.2, 0.25) is 0 Å². The zero-order valence-corrected chi connectivity index (χ0v) is 8.70. The predicted molar refractivity (Wildman–Crippen MR) is 56.5 cm³/mol. The maximum absolute atomic E-state index is 9.86. The molecule has 2 rings (SSSR count). The van der Waals surface area contributed by atoms with Gasteiger partial charge in [-0.2, -0.15) is 5.10 Å². The summed E-state index contributed by atoms with van der Waals surface area (Å²) in [7, 11) is 1.89. The summed E-state index contributed by atoms with van der Waals surface area (Å²) < 4.78 is 1.78. The molecular formula is C11H14N2O. The van der Waals surface area contributed by atoms with Gasteiger partial charge in [0.25, 0.3) is 0 Å². The largest absolute Gasteiger partial charge is 0.507 e. The number of hydrogen-bond acceptors (Lipinski definition) is 2. The van der Waals surface area contributed by atoms with Crippen molar-refractivity contribution >= 4 is 10.9 Å². The Morgan fingerprint density at radius 3 is 2.86 bits per heavy atom. The molecule has 1 N–H and O–H groups in total. The van der Waals surface area contributed by atoms with Crippen molar-refractivity contribution in [1.82, 2.24) is 9.78 Å². The summed E-state index contributed by atoms with van der Waals surface area (Å²) in [5.74, 6) is 0.388. The lowest BCUT2D eigenvalue weighted by Crippen LogP contribution is -1.89. The highest BCUT2D eigenvalue weighted by Gasteiger charge is 2.11. The number of hydrogen-bond donors (Lipinski definition) is 1. The average molecular weight is 190 g/mol. The van der Waals surface area contributed by atoms with Gasteiger partial charge < -0.3 is 5.11 Å². The van der Waals surface area contributed by atoms with E-state index < -0.39 is 0 Å².